The number of hydrogen-bond donors (Lipinski definition) is 2. The quantitative estimate of drug-likeness (QED) is 0.810. The van der Waals surface area contributed by atoms with Gasteiger partial charge in [-0.15, -0.1) is 0 Å². The van der Waals surface area contributed by atoms with Gasteiger partial charge >= 0.3 is 0 Å². The largest absolute Gasteiger partial charge is 0.474 e. The van der Waals surface area contributed by atoms with E-state index in [2.05, 4.69) is 15.6 Å². The Kier molecular flexibility index (Phi) is 5.15. The third-order valence-electron chi connectivity index (χ3n) is 3.22. The lowest BCUT2D eigenvalue weighted by Gasteiger charge is -2.12. The first-order valence-electron chi connectivity index (χ1n) is 6.81. The summed E-state index contributed by atoms with van der Waals surface area (Å²) >= 11 is 0. The summed E-state index contributed by atoms with van der Waals surface area (Å²) in [4.78, 5) is 15.6. The summed E-state index contributed by atoms with van der Waals surface area (Å²) in [7, 11) is 1.75. The fourth-order valence-corrected chi connectivity index (χ4v) is 2.23. The molecule has 0 bridgehead atoms. The summed E-state index contributed by atoms with van der Waals surface area (Å²) in [6, 6.07) is 3.79. The Bertz CT molecular complexity index is 417. The van der Waals surface area contributed by atoms with Crippen LogP contribution in [0.3, 0.4) is 0 Å². The van der Waals surface area contributed by atoms with Crippen molar-refractivity contribution in [1.29, 1.82) is 0 Å². The fraction of sp³-hybridized carbons (Fsp3) is 0.571. The van der Waals surface area contributed by atoms with E-state index in [9.17, 15) is 4.79 Å². The van der Waals surface area contributed by atoms with Crippen LogP contribution in [0.5, 0.6) is 5.88 Å². The summed E-state index contributed by atoms with van der Waals surface area (Å²) in [5.41, 5.74) is 1.01. The van der Waals surface area contributed by atoms with Crippen molar-refractivity contribution in [3.63, 3.8) is 0 Å². The lowest BCUT2D eigenvalue weighted by atomic mass is 10.2. The van der Waals surface area contributed by atoms with Crippen LogP contribution in [0.1, 0.15) is 31.2 Å². The number of rotatable bonds is 6. The van der Waals surface area contributed by atoms with Gasteiger partial charge in [0.2, 0.25) is 11.8 Å². The molecule has 0 atom stereocenters. The molecule has 104 valence electrons. The minimum absolute atomic E-state index is 0.0161. The van der Waals surface area contributed by atoms with Crippen LogP contribution in [0.2, 0.25) is 0 Å². The van der Waals surface area contributed by atoms with Crippen LogP contribution in [0.25, 0.3) is 0 Å². The molecule has 0 saturated heterocycles. The second kappa shape index (κ2) is 7.09. The number of nitrogens with zero attached hydrogens (tertiary/aromatic N) is 1. The van der Waals surface area contributed by atoms with Gasteiger partial charge in [0, 0.05) is 18.8 Å². The first-order chi connectivity index (χ1) is 9.28. The van der Waals surface area contributed by atoms with Gasteiger partial charge in [0.25, 0.3) is 0 Å². The molecule has 1 aromatic rings. The first kappa shape index (κ1) is 13.8. The summed E-state index contributed by atoms with van der Waals surface area (Å²) in [6.45, 7) is 0.834. The molecule has 1 amide bonds. The Labute approximate surface area is 113 Å². The van der Waals surface area contributed by atoms with Crippen LogP contribution in [-0.4, -0.2) is 30.6 Å². The van der Waals surface area contributed by atoms with Crippen molar-refractivity contribution in [2.75, 3.05) is 13.6 Å². The van der Waals surface area contributed by atoms with Crippen LogP contribution in [0, 0.1) is 0 Å². The van der Waals surface area contributed by atoms with Gasteiger partial charge in [-0.1, -0.05) is 0 Å². The molecule has 0 unspecified atom stereocenters. The van der Waals surface area contributed by atoms with Gasteiger partial charge in [0.05, 0.1) is 6.54 Å². The Hall–Kier alpha value is -1.62. The second-order valence-electron chi connectivity index (χ2n) is 4.83. The van der Waals surface area contributed by atoms with Crippen LogP contribution >= 0.6 is 0 Å². The molecule has 2 rings (SSSR count). The Morgan fingerprint density at radius 1 is 1.47 bits per heavy atom. The number of amides is 1. The van der Waals surface area contributed by atoms with Crippen LogP contribution in [0.15, 0.2) is 18.3 Å². The number of aromatic nitrogens is 1. The second-order valence-corrected chi connectivity index (χ2v) is 4.83. The summed E-state index contributed by atoms with van der Waals surface area (Å²) in [5, 5.41) is 5.65. The van der Waals surface area contributed by atoms with Gasteiger partial charge in [-0.05, 0) is 44.4 Å². The van der Waals surface area contributed by atoms with Crippen molar-refractivity contribution in [3.05, 3.63) is 23.9 Å². The van der Waals surface area contributed by atoms with Gasteiger partial charge in [0.1, 0.15) is 6.10 Å². The standard InChI is InChI=1S/C14H21N3O2/c1-15-10-13(18)17-9-11-6-7-16-14(8-11)19-12-4-2-3-5-12/h6-8,12,15H,2-5,9-10H2,1H3,(H,17,18). The van der Waals surface area contributed by atoms with E-state index < -0.39 is 0 Å². The van der Waals surface area contributed by atoms with Crippen LogP contribution in [0.4, 0.5) is 0 Å². The molecule has 2 N–H and O–H groups in total. The predicted octanol–water partition coefficient (Wildman–Crippen LogP) is 1.24. The zero-order valence-electron chi connectivity index (χ0n) is 11.3. The van der Waals surface area contributed by atoms with Gasteiger partial charge in [0.15, 0.2) is 0 Å². The van der Waals surface area contributed by atoms with Gasteiger partial charge in [-0.2, -0.15) is 0 Å². The minimum Gasteiger partial charge on any atom is -0.474 e. The van der Waals surface area contributed by atoms with E-state index in [4.69, 9.17) is 4.74 Å². The highest BCUT2D eigenvalue weighted by atomic mass is 16.5. The Morgan fingerprint density at radius 3 is 3.00 bits per heavy atom. The maximum absolute atomic E-state index is 11.4. The number of carbonyl (C=O) groups is 1. The average molecular weight is 263 g/mol. The molecule has 0 spiro atoms. The molecule has 1 fully saturated rings. The highest BCUT2D eigenvalue weighted by Crippen LogP contribution is 2.23. The zero-order chi connectivity index (χ0) is 13.5. The molecule has 1 aliphatic carbocycles. The first-order valence-corrected chi connectivity index (χ1v) is 6.81. The van der Waals surface area contributed by atoms with Crippen molar-refractivity contribution >= 4 is 5.91 Å². The molecule has 0 aromatic carbocycles. The summed E-state index contributed by atoms with van der Waals surface area (Å²) < 4.78 is 5.83. The van der Waals surface area contributed by atoms with Crippen molar-refractivity contribution < 1.29 is 9.53 Å². The topological polar surface area (TPSA) is 63.2 Å². The van der Waals surface area contributed by atoms with Crippen molar-refractivity contribution in [3.8, 4) is 5.88 Å². The molecule has 0 aliphatic heterocycles. The van der Waals surface area contributed by atoms with Gasteiger partial charge < -0.3 is 15.4 Å². The molecule has 1 aliphatic rings. The third kappa shape index (κ3) is 4.52. The maximum atomic E-state index is 11.4. The monoisotopic (exact) mass is 263 g/mol. The molecule has 0 radical (unpaired) electrons. The van der Waals surface area contributed by atoms with E-state index in [-0.39, 0.29) is 5.91 Å². The third-order valence-corrected chi connectivity index (χ3v) is 3.22. The molecule has 5 nitrogen and oxygen atoms in total. The van der Waals surface area contributed by atoms with Crippen LogP contribution in [-0.2, 0) is 11.3 Å². The molecule has 1 heterocycles. The number of likely N-dealkylation sites (N-methyl/N-ethyl adjacent to an activating group) is 1. The lowest BCUT2D eigenvalue weighted by Crippen LogP contribution is -2.31. The van der Waals surface area contributed by atoms with Crippen molar-refractivity contribution in [2.45, 2.75) is 38.3 Å². The number of nitrogens with one attached hydrogen (secondary N) is 2. The molecule has 1 aromatic heterocycles. The normalized spacial score (nSPS) is 15.4. The van der Waals surface area contributed by atoms with E-state index >= 15 is 0 Å². The van der Waals surface area contributed by atoms with E-state index in [1.54, 1.807) is 13.2 Å². The van der Waals surface area contributed by atoms with E-state index in [0.29, 0.717) is 25.1 Å². The Morgan fingerprint density at radius 2 is 2.26 bits per heavy atom. The number of ether oxygens (including phenoxy) is 1. The molecule has 19 heavy (non-hydrogen) atoms. The smallest absolute Gasteiger partial charge is 0.234 e. The number of pyridine rings is 1. The number of carbonyl (C=O) groups excluding carboxylic acids is 1. The highest BCUT2D eigenvalue weighted by molar-refractivity contribution is 5.77. The number of hydrogen-bond acceptors (Lipinski definition) is 4. The maximum Gasteiger partial charge on any atom is 0.234 e. The van der Waals surface area contributed by atoms with Gasteiger partial charge in [-0.3, -0.25) is 4.79 Å². The average Bonchev–Trinajstić information content (AvgIpc) is 2.90. The lowest BCUT2D eigenvalue weighted by molar-refractivity contribution is -0.120. The van der Waals surface area contributed by atoms with Crippen LogP contribution < -0.4 is 15.4 Å². The molecule has 5 heteroatoms. The SMILES string of the molecule is CNCC(=O)NCc1ccnc(OC2CCCC2)c1. The minimum atomic E-state index is -0.0161. The Balaban J connectivity index is 1.85. The fourth-order valence-electron chi connectivity index (χ4n) is 2.23. The van der Waals surface area contributed by atoms with Crippen molar-refractivity contribution in [1.82, 2.24) is 15.6 Å². The molecular formula is C14H21N3O2. The van der Waals surface area contributed by atoms with Gasteiger partial charge in [-0.25, -0.2) is 4.98 Å². The highest BCUT2D eigenvalue weighted by Gasteiger charge is 2.16. The summed E-state index contributed by atoms with van der Waals surface area (Å²) in [5.74, 6) is 0.643. The zero-order valence-corrected chi connectivity index (χ0v) is 11.3. The molecular weight excluding hydrogens is 242 g/mol. The van der Waals surface area contributed by atoms with E-state index in [1.165, 1.54) is 12.8 Å². The predicted molar refractivity (Wildman–Crippen MR) is 72.9 cm³/mol. The van der Waals surface area contributed by atoms with E-state index in [0.717, 1.165) is 18.4 Å². The van der Waals surface area contributed by atoms with Crippen molar-refractivity contribution in [2.24, 2.45) is 0 Å². The summed E-state index contributed by atoms with van der Waals surface area (Å²) in [6.07, 6.45) is 6.75. The molecule has 1 saturated carbocycles. The van der Waals surface area contributed by atoms with E-state index in [1.807, 2.05) is 12.1 Å².